The summed E-state index contributed by atoms with van der Waals surface area (Å²) in [5, 5.41) is 20.7. The van der Waals surface area contributed by atoms with E-state index in [1.807, 2.05) is 103 Å². The van der Waals surface area contributed by atoms with Crippen molar-refractivity contribution in [3.63, 3.8) is 0 Å². The molecule has 0 saturated carbocycles. The van der Waals surface area contributed by atoms with E-state index in [-0.39, 0.29) is 25.1 Å². The normalized spacial score (nSPS) is 15.1. The van der Waals surface area contributed by atoms with Gasteiger partial charge in [-0.2, -0.15) is 10.2 Å². The molecule has 0 aliphatic carbocycles. The van der Waals surface area contributed by atoms with Gasteiger partial charge in [0.1, 0.15) is 5.75 Å². The first kappa shape index (κ1) is 25.4. The predicted octanol–water partition coefficient (Wildman–Crippen LogP) is 4.15. The standard InChI is InChI=1S/C30H31N5O3/c1-33(16-17-36)21-29(37)35-28(19-27(31-35)23-12-9-15-25(18-23)38-2)26-20-34(24-13-7-4-8-14-24)32-30(26)22-10-5-3-6-11-22/h3-15,18,20,28,36H,16-17,19,21H2,1-2H3/t28-/m0/s1. The van der Waals surface area contributed by atoms with Gasteiger partial charge in [-0.25, -0.2) is 9.69 Å². The summed E-state index contributed by atoms with van der Waals surface area (Å²) in [7, 11) is 3.45. The molecule has 1 aliphatic rings. The van der Waals surface area contributed by atoms with Gasteiger partial charge in [0.2, 0.25) is 0 Å². The van der Waals surface area contributed by atoms with Crippen LogP contribution in [0.5, 0.6) is 5.75 Å². The smallest absolute Gasteiger partial charge is 0.257 e. The summed E-state index contributed by atoms with van der Waals surface area (Å²) >= 11 is 0. The third kappa shape index (κ3) is 5.37. The molecule has 8 heteroatoms. The summed E-state index contributed by atoms with van der Waals surface area (Å²) in [5.41, 5.74) is 5.34. The lowest BCUT2D eigenvalue weighted by Gasteiger charge is -2.24. The Morgan fingerprint density at radius 1 is 1.03 bits per heavy atom. The molecule has 1 amide bonds. The van der Waals surface area contributed by atoms with Crippen molar-refractivity contribution in [2.45, 2.75) is 12.5 Å². The maximum atomic E-state index is 13.6. The Kier molecular flexibility index (Phi) is 7.62. The van der Waals surface area contributed by atoms with Gasteiger partial charge in [0.15, 0.2) is 0 Å². The van der Waals surface area contributed by atoms with Gasteiger partial charge in [-0.05, 0) is 31.3 Å². The van der Waals surface area contributed by atoms with E-state index in [0.717, 1.165) is 39.5 Å². The molecule has 0 saturated heterocycles. The highest BCUT2D eigenvalue weighted by Gasteiger charge is 2.36. The number of amides is 1. The number of methoxy groups -OCH3 is 1. The highest BCUT2D eigenvalue weighted by molar-refractivity contribution is 6.03. The van der Waals surface area contributed by atoms with Crippen molar-refractivity contribution in [3.05, 3.63) is 102 Å². The molecule has 2 heterocycles. The number of aromatic nitrogens is 2. The minimum absolute atomic E-state index is 0.0203. The zero-order chi connectivity index (χ0) is 26.5. The van der Waals surface area contributed by atoms with Crippen LogP contribution in [-0.4, -0.2) is 70.3 Å². The van der Waals surface area contributed by atoms with Crippen LogP contribution < -0.4 is 4.74 Å². The fourth-order valence-corrected chi connectivity index (χ4v) is 4.68. The molecule has 38 heavy (non-hydrogen) atoms. The second-order valence-electron chi connectivity index (χ2n) is 9.28. The van der Waals surface area contributed by atoms with Gasteiger partial charge < -0.3 is 9.84 Å². The molecule has 0 fully saturated rings. The van der Waals surface area contributed by atoms with Crippen LogP contribution in [0, 0.1) is 0 Å². The van der Waals surface area contributed by atoms with Crippen molar-refractivity contribution in [2.75, 3.05) is 33.9 Å². The van der Waals surface area contributed by atoms with Crippen molar-refractivity contribution < 1.29 is 14.6 Å². The number of carbonyl (C=O) groups is 1. The van der Waals surface area contributed by atoms with Gasteiger partial charge in [-0.1, -0.05) is 60.7 Å². The Balaban J connectivity index is 1.59. The first-order chi connectivity index (χ1) is 18.6. The fraction of sp³-hybridized carbons (Fsp3) is 0.233. The number of hydrazone groups is 1. The number of benzene rings is 3. The third-order valence-electron chi connectivity index (χ3n) is 6.63. The van der Waals surface area contributed by atoms with E-state index >= 15 is 0 Å². The lowest BCUT2D eigenvalue weighted by Crippen LogP contribution is -2.37. The number of hydrogen-bond acceptors (Lipinski definition) is 6. The molecule has 3 aromatic carbocycles. The molecule has 1 aliphatic heterocycles. The van der Waals surface area contributed by atoms with Crippen molar-refractivity contribution in [3.8, 4) is 22.7 Å². The van der Waals surface area contributed by atoms with Gasteiger partial charge in [0, 0.05) is 35.9 Å². The molecule has 0 radical (unpaired) electrons. The highest BCUT2D eigenvalue weighted by Crippen LogP contribution is 2.38. The second kappa shape index (κ2) is 11.4. The van der Waals surface area contributed by atoms with Gasteiger partial charge in [0.05, 0.1) is 43.4 Å². The number of nitrogens with zero attached hydrogens (tertiary/aromatic N) is 5. The third-order valence-corrected chi connectivity index (χ3v) is 6.63. The summed E-state index contributed by atoms with van der Waals surface area (Å²) in [6.45, 7) is 0.519. The molecule has 0 unspecified atom stereocenters. The minimum Gasteiger partial charge on any atom is -0.497 e. The maximum absolute atomic E-state index is 13.6. The number of ether oxygens (including phenoxy) is 1. The molecule has 0 spiro atoms. The van der Waals surface area contributed by atoms with Crippen LogP contribution in [0.1, 0.15) is 23.6 Å². The van der Waals surface area contributed by atoms with Crippen LogP contribution in [0.3, 0.4) is 0 Å². The quantitative estimate of drug-likeness (QED) is 0.367. The SMILES string of the molecule is COc1cccc(C2=NN(C(=O)CN(C)CCO)[C@H](c3cn(-c4ccccc4)nc3-c3ccccc3)C2)c1. The summed E-state index contributed by atoms with van der Waals surface area (Å²) in [4.78, 5) is 15.4. The van der Waals surface area contributed by atoms with Crippen molar-refractivity contribution in [2.24, 2.45) is 5.10 Å². The first-order valence-corrected chi connectivity index (χ1v) is 12.6. The Morgan fingerprint density at radius 3 is 2.45 bits per heavy atom. The Hall–Kier alpha value is -4.27. The number of likely N-dealkylation sites (N-methyl/N-ethyl adjacent to an activating group) is 1. The average molecular weight is 510 g/mol. The van der Waals surface area contributed by atoms with Gasteiger partial charge in [-0.3, -0.25) is 9.69 Å². The summed E-state index contributed by atoms with van der Waals surface area (Å²) in [6, 6.07) is 27.3. The molecular weight excluding hydrogens is 478 g/mol. The largest absolute Gasteiger partial charge is 0.497 e. The molecule has 5 rings (SSSR count). The molecule has 1 aromatic heterocycles. The molecule has 0 bridgehead atoms. The topological polar surface area (TPSA) is 83.2 Å². The highest BCUT2D eigenvalue weighted by atomic mass is 16.5. The van der Waals surface area contributed by atoms with Crippen LogP contribution in [-0.2, 0) is 4.79 Å². The van der Waals surface area contributed by atoms with Gasteiger partial charge in [0.25, 0.3) is 5.91 Å². The van der Waals surface area contributed by atoms with E-state index in [9.17, 15) is 9.90 Å². The number of hydrogen-bond donors (Lipinski definition) is 1. The van der Waals surface area contributed by atoms with Crippen molar-refractivity contribution >= 4 is 11.6 Å². The van der Waals surface area contributed by atoms with E-state index in [0.29, 0.717) is 13.0 Å². The molecular formula is C30H31N5O3. The number of para-hydroxylation sites is 1. The lowest BCUT2D eigenvalue weighted by molar-refractivity contribution is -0.134. The monoisotopic (exact) mass is 509 g/mol. The van der Waals surface area contributed by atoms with E-state index in [1.165, 1.54) is 0 Å². The molecule has 8 nitrogen and oxygen atoms in total. The van der Waals surface area contributed by atoms with Gasteiger partial charge >= 0.3 is 0 Å². The Labute approximate surface area is 222 Å². The maximum Gasteiger partial charge on any atom is 0.257 e. The molecule has 1 N–H and O–H groups in total. The zero-order valence-corrected chi connectivity index (χ0v) is 21.6. The molecule has 194 valence electrons. The molecule has 4 aromatic rings. The van der Waals surface area contributed by atoms with Crippen LogP contribution in [0.25, 0.3) is 16.9 Å². The second-order valence-corrected chi connectivity index (χ2v) is 9.28. The number of carbonyl (C=O) groups excluding carboxylic acids is 1. The van der Waals surface area contributed by atoms with E-state index < -0.39 is 0 Å². The van der Waals surface area contributed by atoms with Crippen molar-refractivity contribution in [1.29, 1.82) is 0 Å². The average Bonchev–Trinajstić information content (AvgIpc) is 3.60. The first-order valence-electron chi connectivity index (χ1n) is 12.6. The number of rotatable bonds is 9. The van der Waals surface area contributed by atoms with Crippen LogP contribution in [0.4, 0.5) is 0 Å². The Bertz CT molecular complexity index is 1420. The molecule has 1 atom stereocenters. The number of aliphatic hydroxyl groups excluding tert-OH is 1. The van der Waals surface area contributed by atoms with E-state index in [1.54, 1.807) is 17.0 Å². The van der Waals surface area contributed by atoms with Crippen LogP contribution in [0.2, 0.25) is 0 Å². The summed E-state index contributed by atoms with van der Waals surface area (Å²) in [5.74, 6) is 0.589. The number of aliphatic hydroxyl groups is 1. The van der Waals surface area contributed by atoms with Gasteiger partial charge in [-0.15, -0.1) is 0 Å². The van der Waals surface area contributed by atoms with Crippen molar-refractivity contribution in [1.82, 2.24) is 19.7 Å². The predicted molar refractivity (Wildman–Crippen MR) is 147 cm³/mol. The van der Waals surface area contributed by atoms with Crippen LogP contribution in [0.15, 0.2) is 96.2 Å². The van der Waals surface area contributed by atoms with E-state index in [2.05, 4.69) is 0 Å². The fourth-order valence-electron chi connectivity index (χ4n) is 4.68. The summed E-state index contributed by atoms with van der Waals surface area (Å²) < 4.78 is 7.29. The van der Waals surface area contributed by atoms with E-state index in [4.69, 9.17) is 14.9 Å². The minimum atomic E-state index is -0.348. The zero-order valence-electron chi connectivity index (χ0n) is 21.6. The Morgan fingerprint density at radius 2 is 1.74 bits per heavy atom. The summed E-state index contributed by atoms with van der Waals surface area (Å²) in [6.07, 6.45) is 2.53. The van der Waals surface area contributed by atoms with Crippen LogP contribution >= 0.6 is 0 Å². The lowest BCUT2D eigenvalue weighted by atomic mass is 9.96.